The topological polar surface area (TPSA) is 191 Å². The molecule has 0 aliphatic carbocycles. The number of phenols is 1. The lowest BCUT2D eigenvalue weighted by Gasteiger charge is -2.35. The number of rotatable bonds is 21. The predicted octanol–water partition coefficient (Wildman–Crippen LogP) is 8.48. The van der Waals surface area contributed by atoms with Crippen molar-refractivity contribution in [2.45, 2.75) is 65.3 Å². The van der Waals surface area contributed by atoms with E-state index < -0.39 is 41.3 Å². The van der Waals surface area contributed by atoms with Crippen molar-refractivity contribution >= 4 is 50.7 Å². The van der Waals surface area contributed by atoms with E-state index in [9.17, 15) is 24.6 Å². The third-order valence-electron chi connectivity index (χ3n) is 11.3. The summed E-state index contributed by atoms with van der Waals surface area (Å²) in [5, 5.41) is 28.0. The highest BCUT2D eigenvalue weighted by Gasteiger charge is 2.44. The summed E-state index contributed by atoms with van der Waals surface area (Å²) < 4.78 is 35.4. The summed E-state index contributed by atoms with van der Waals surface area (Å²) in [6, 6.07) is 25.3. The first-order valence-electron chi connectivity index (χ1n) is 22.4. The van der Waals surface area contributed by atoms with Gasteiger partial charge in [0.25, 0.3) is 0 Å². The summed E-state index contributed by atoms with van der Waals surface area (Å²) in [5.41, 5.74) is 2.72. The number of β-amino-alcohol motifs (C(OH)–C–C–N with tert-alkyl or cyclic N) is 1. The van der Waals surface area contributed by atoms with E-state index in [0.29, 0.717) is 54.5 Å². The second-order valence-corrected chi connectivity index (χ2v) is 19.0. The van der Waals surface area contributed by atoms with Crippen LogP contribution < -0.4 is 20.1 Å². The highest BCUT2D eigenvalue weighted by atomic mass is 35.5. The Morgan fingerprint density at radius 2 is 1.51 bits per heavy atom. The Hall–Kier alpha value is -6.01. The van der Waals surface area contributed by atoms with Crippen LogP contribution in [0.15, 0.2) is 102 Å². The number of amides is 3. The summed E-state index contributed by atoms with van der Waals surface area (Å²) in [4.78, 5) is 47.0. The first kappa shape index (κ1) is 49.9. The third kappa shape index (κ3) is 12.9. The molecule has 0 spiro atoms. The molecule has 1 aliphatic rings. The van der Waals surface area contributed by atoms with Gasteiger partial charge >= 0.3 is 0 Å². The zero-order valence-corrected chi connectivity index (χ0v) is 40.2. The maximum Gasteiger partial charge on any atom is 0.246 e. The van der Waals surface area contributed by atoms with Gasteiger partial charge in [-0.3, -0.25) is 14.4 Å². The number of carbonyl (C=O) groups excluding carboxylic acids is 3. The molecule has 1 aliphatic heterocycles. The molecule has 6 aromatic rings. The number of aliphatic hydroxyl groups is 1. The molecule has 3 heterocycles. The van der Waals surface area contributed by atoms with Crippen LogP contribution in [-0.4, -0.2) is 109 Å². The Morgan fingerprint density at radius 1 is 0.868 bits per heavy atom. The summed E-state index contributed by atoms with van der Waals surface area (Å²) in [5.74, 6) is 1.47. The minimum Gasteiger partial charge on any atom is -0.508 e. The molecule has 4 N–H and O–H groups in total. The van der Waals surface area contributed by atoms with Crippen molar-refractivity contribution in [2.75, 3.05) is 52.8 Å². The fraction of sp³-hybridized carbons (Fsp3) is 0.373. The lowest BCUT2D eigenvalue weighted by molar-refractivity contribution is -0.144. The van der Waals surface area contributed by atoms with E-state index in [1.165, 1.54) is 22.6 Å². The van der Waals surface area contributed by atoms with Gasteiger partial charge < -0.3 is 53.8 Å². The molecule has 0 radical (unpaired) electrons. The number of phenolic OH excluding ortho intramolecular Hbond substituents is 1. The number of ether oxygens (including phenoxy) is 5. The summed E-state index contributed by atoms with van der Waals surface area (Å²) >= 11 is 7.66. The predicted molar refractivity (Wildman–Crippen MR) is 259 cm³/mol. The van der Waals surface area contributed by atoms with E-state index in [0.717, 1.165) is 37.3 Å². The fourth-order valence-electron chi connectivity index (χ4n) is 7.72. The number of hydrogen-bond donors (Lipinski definition) is 4. The molecule has 3 amide bonds. The van der Waals surface area contributed by atoms with Crippen molar-refractivity contribution in [1.82, 2.24) is 20.5 Å². The molecule has 360 valence electrons. The van der Waals surface area contributed by atoms with E-state index in [1.807, 2.05) is 113 Å². The Balaban J connectivity index is 0.780. The van der Waals surface area contributed by atoms with Crippen molar-refractivity contribution in [3.63, 3.8) is 0 Å². The maximum absolute atomic E-state index is 14.0. The van der Waals surface area contributed by atoms with Crippen LogP contribution >= 0.6 is 22.9 Å². The van der Waals surface area contributed by atoms with E-state index >= 15 is 0 Å². The van der Waals surface area contributed by atoms with Crippen LogP contribution in [0.3, 0.4) is 0 Å². The zero-order chi connectivity index (χ0) is 48.4. The molecular formula is C51H57ClN4O11S. The number of likely N-dealkylation sites (tertiary alicyclic amines) is 1. The molecule has 2 aromatic heterocycles. The number of aliphatic hydroxyl groups excluding tert-OH is 1. The Labute approximate surface area is 404 Å². The van der Waals surface area contributed by atoms with E-state index in [1.54, 1.807) is 12.1 Å². The normalized spacial score (nSPS) is 15.8. The molecule has 1 unspecified atom stereocenters. The number of hydrogen-bond acceptors (Lipinski definition) is 13. The number of nitrogens with zero attached hydrogens (tertiary/aromatic N) is 2. The molecule has 4 aromatic carbocycles. The first-order valence-corrected chi connectivity index (χ1v) is 23.6. The van der Waals surface area contributed by atoms with E-state index in [-0.39, 0.29) is 44.6 Å². The smallest absolute Gasteiger partial charge is 0.246 e. The average Bonchev–Trinajstić information content (AvgIpc) is 4.03. The molecule has 0 bridgehead atoms. The van der Waals surface area contributed by atoms with Gasteiger partial charge in [0.1, 0.15) is 42.5 Å². The second-order valence-electron chi connectivity index (χ2n) is 17.5. The van der Waals surface area contributed by atoms with Gasteiger partial charge in [-0.15, -0.1) is 11.3 Å². The number of benzene rings is 4. The SMILES string of the molecule is Cc1ncoc1-c1ccc([C@H](C)NC(=O)[C@@H]2C[C@@H](O)CN2C(=O)C(NC(=O)COCCOCCOCCOc2ccc(Oc3c(-c4ccc(Cl)cc4)sc4cc(O)ccc34)cc2)C(C)(C)C)cc1. The van der Waals surface area contributed by atoms with Crippen LogP contribution in [0.2, 0.25) is 5.02 Å². The number of aryl methyl sites for hydroxylation is 1. The molecular weight excluding hydrogens is 912 g/mol. The van der Waals surface area contributed by atoms with Crippen LogP contribution in [0.5, 0.6) is 23.0 Å². The minimum atomic E-state index is -0.987. The molecule has 1 saturated heterocycles. The summed E-state index contributed by atoms with van der Waals surface area (Å²) in [6.45, 7) is 10.5. The van der Waals surface area contributed by atoms with E-state index in [2.05, 4.69) is 15.6 Å². The highest BCUT2D eigenvalue weighted by molar-refractivity contribution is 7.22. The van der Waals surface area contributed by atoms with Gasteiger partial charge in [-0.25, -0.2) is 4.98 Å². The van der Waals surface area contributed by atoms with Gasteiger partial charge in [0.05, 0.1) is 55.8 Å². The number of oxazole rings is 1. The zero-order valence-electron chi connectivity index (χ0n) is 38.7. The van der Waals surface area contributed by atoms with Crippen molar-refractivity contribution in [3.05, 3.63) is 114 Å². The number of carbonyl (C=O) groups is 3. The molecule has 17 heteroatoms. The van der Waals surface area contributed by atoms with Crippen LogP contribution in [0.25, 0.3) is 31.9 Å². The molecule has 7 rings (SSSR count). The van der Waals surface area contributed by atoms with Crippen molar-refractivity contribution in [3.8, 4) is 44.8 Å². The van der Waals surface area contributed by atoms with Gasteiger partial charge in [0, 0.05) is 33.6 Å². The molecule has 4 atom stereocenters. The van der Waals surface area contributed by atoms with Gasteiger partial charge in [-0.2, -0.15) is 0 Å². The molecule has 68 heavy (non-hydrogen) atoms. The summed E-state index contributed by atoms with van der Waals surface area (Å²) in [7, 11) is 0. The molecule has 1 fully saturated rings. The Kier molecular flexibility index (Phi) is 16.8. The fourth-order valence-corrected chi connectivity index (χ4v) is 9.01. The number of aromatic nitrogens is 1. The van der Waals surface area contributed by atoms with Crippen LogP contribution in [0.1, 0.15) is 51.4 Å². The largest absolute Gasteiger partial charge is 0.508 e. The van der Waals surface area contributed by atoms with Crippen molar-refractivity contribution < 1.29 is 52.7 Å². The number of aromatic hydroxyl groups is 1. The van der Waals surface area contributed by atoms with Gasteiger partial charge in [0.2, 0.25) is 17.7 Å². The van der Waals surface area contributed by atoms with Crippen LogP contribution in [-0.2, 0) is 28.6 Å². The maximum atomic E-state index is 14.0. The van der Waals surface area contributed by atoms with Gasteiger partial charge in [-0.1, -0.05) is 68.8 Å². The average molecular weight is 970 g/mol. The lowest BCUT2D eigenvalue weighted by Crippen LogP contribution is -2.58. The Morgan fingerprint density at radius 3 is 2.18 bits per heavy atom. The van der Waals surface area contributed by atoms with Crippen molar-refractivity contribution in [1.29, 1.82) is 0 Å². The highest BCUT2D eigenvalue weighted by Crippen LogP contribution is 2.47. The number of halogens is 1. The van der Waals surface area contributed by atoms with E-state index in [4.69, 9.17) is 39.7 Å². The molecule has 15 nitrogen and oxygen atoms in total. The number of fused-ring (bicyclic) bond motifs is 1. The van der Waals surface area contributed by atoms with Gasteiger partial charge in [0.15, 0.2) is 17.9 Å². The minimum absolute atomic E-state index is 0.0370. The van der Waals surface area contributed by atoms with Crippen molar-refractivity contribution in [2.24, 2.45) is 5.41 Å². The number of thiophene rings is 1. The Bertz CT molecular complexity index is 2630. The number of nitrogens with one attached hydrogen (secondary N) is 2. The first-order chi connectivity index (χ1) is 32.6. The molecule has 0 saturated carbocycles. The standard InChI is InChI=1S/C51H57ClN4O11S/c1-31(33-6-8-34(9-7-33)45-32(2)53-30-66-45)54-49(60)42-26-38(58)28-56(42)50(61)48(51(3,4)5)55-44(59)29-64-23-22-62-20-21-63-24-25-65-39-15-17-40(18-16-39)67-46-41-19-14-37(57)27-43(41)68-47(46)35-10-12-36(52)13-11-35/h6-19,27,30-31,38,42,48,57-58H,20-26,28-29H2,1-5H3,(H,54,60)(H,55,59)/t31-,38+,42-,48?/m0/s1. The van der Waals surface area contributed by atoms with Crippen LogP contribution in [0, 0.1) is 12.3 Å². The third-order valence-corrected chi connectivity index (χ3v) is 12.7. The monoisotopic (exact) mass is 968 g/mol. The summed E-state index contributed by atoms with van der Waals surface area (Å²) in [6.07, 6.45) is 0.574. The second kappa shape index (κ2) is 22.9. The lowest BCUT2D eigenvalue weighted by atomic mass is 9.85. The van der Waals surface area contributed by atoms with Gasteiger partial charge in [-0.05, 0) is 85.0 Å². The quantitative estimate of drug-likeness (QED) is 0.0504. The van der Waals surface area contributed by atoms with Crippen LogP contribution in [0.4, 0.5) is 0 Å².